The van der Waals surface area contributed by atoms with Crippen LogP contribution in [0.15, 0.2) is 66.0 Å². The number of Topliss-reactive ketones (excluding diaryl/α,β-unsaturated/α-hetero) is 1. The number of carbonyl (C=O) groups excluding carboxylic acids is 1. The van der Waals surface area contributed by atoms with Gasteiger partial charge in [0.2, 0.25) is 0 Å². The van der Waals surface area contributed by atoms with Crippen LogP contribution in [-0.2, 0) is 21.9 Å². The number of rotatable bonds is 6. The Kier molecular flexibility index (Phi) is 11.5. The van der Waals surface area contributed by atoms with E-state index in [0.717, 1.165) is 24.8 Å². The summed E-state index contributed by atoms with van der Waals surface area (Å²) < 4.78 is 0. The molecule has 0 heterocycles. The minimum absolute atomic E-state index is 0. The molecular formula is C18H22FeO2. The Balaban J connectivity index is 0.000000562. The normalized spacial score (nSPS) is 11.6. The summed E-state index contributed by atoms with van der Waals surface area (Å²) in [5, 5.41) is 11.5. The third kappa shape index (κ3) is 10.0. The zero-order chi connectivity index (χ0) is 14.6. The Bertz CT molecular complexity index is 436. The van der Waals surface area contributed by atoms with E-state index in [-0.39, 0.29) is 28.6 Å². The Hall–Kier alpha value is -1.44. The standard InChI is InChI=1S/C13H18O2.C5H5.Fe/c1-11(14)7-3-2-4-10-13(15)12-8-5-6-9-12;1-2-4-5-3-1;/h5-6,8-9,15H,2-4,7,10H2,1H3;1-5H;/q;-1;+2/p-1. The molecule has 0 aromatic heterocycles. The largest absolute Gasteiger partial charge is 2.00 e. The van der Waals surface area contributed by atoms with Crippen molar-refractivity contribution < 1.29 is 27.0 Å². The van der Waals surface area contributed by atoms with Crippen molar-refractivity contribution in [2.75, 3.05) is 0 Å². The molecule has 1 aromatic rings. The molecule has 0 fully saturated rings. The van der Waals surface area contributed by atoms with E-state index >= 15 is 0 Å². The number of hydrogen-bond donors (Lipinski definition) is 0. The van der Waals surface area contributed by atoms with Gasteiger partial charge in [0.1, 0.15) is 5.78 Å². The monoisotopic (exact) mass is 326 g/mol. The van der Waals surface area contributed by atoms with Gasteiger partial charge in [0, 0.05) is 6.42 Å². The van der Waals surface area contributed by atoms with Crippen LogP contribution in [0.2, 0.25) is 0 Å². The SMILES string of the molecule is CC(=O)CCCCCC([O-])=C1C=CC=C1.[Fe+2].c1cc[cH-]c1. The van der Waals surface area contributed by atoms with Gasteiger partial charge in [-0.15, -0.1) is 5.76 Å². The molecule has 0 saturated carbocycles. The van der Waals surface area contributed by atoms with Crippen molar-refractivity contribution in [1.29, 1.82) is 0 Å². The molecule has 0 aliphatic heterocycles. The van der Waals surface area contributed by atoms with Gasteiger partial charge >= 0.3 is 17.1 Å². The molecule has 0 atom stereocenters. The minimum Gasteiger partial charge on any atom is -0.875 e. The second-order valence-corrected chi connectivity index (χ2v) is 4.82. The van der Waals surface area contributed by atoms with Crippen molar-refractivity contribution in [3.63, 3.8) is 0 Å². The zero-order valence-electron chi connectivity index (χ0n) is 12.4. The summed E-state index contributed by atoms with van der Waals surface area (Å²) in [5.74, 6) is 0.445. The van der Waals surface area contributed by atoms with Crippen LogP contribution in [0.4, 0.5) is 0 Å². The first kappa shape index (κ1) is 19.6. The Morgan fingerprint density at radius 2 is 1.62 bits per heavy atom. The van der Waals surface area contributed by atoms with E-state index < -0.39 is 0 Å². The van der Waals surface area contributed by atoms with Crippen LogP contribution >= 0.6 is 0 Å². The first-order valence-corrected chi connectivity index (χ1v) is 7.11. The van der Waals surface area contributed by atoms with E-state index in [9.17, 15) is 9.90 Å². The van der Waals surface area contributed by atoms with Gasteiger partial charge in [-0.05, 0) is 25.3 Å². The van der Waals surface area contributed by atoms with E-state index in [0.29, 0.717) is 12.8 Å². The van der Waals surface area contributed by atoms with Crippen LogP contribution in [0.3, 0.4) is 0 Å². The van der Waals surface area contributed by atoms with Crippen LogP contribution in [0.5, 0.6) is 0 Å². The molecule has 1 aliphatic carbocycles. The minimum atomic E-state index is 0. The summed E-state index contributed by atoms with van der Waals surface area (Å²) in [7, 11) is 0. The van der Waals surface area contributed by atoms with E-state index in [1.165, 1.54) is 0 Å². The first-order chi connectivity index (χ1) is 9.70. The molecule has 0 bridgehead atoms. The summed E-state index contributed by atoms with van der Waals surface area (Å²) in [4.78, 5) is 10.7. The van der Waals surface area contributed by atoms with Crippen molar-refractivity contribution in [3.8, 4) is 0 Å². The van der Waals surface area contributed by atoms with Crippen molar-refractivity contribution >= 4 is 5.78 Å². The van der Waals surface area contributed by atoms with Gasteiger partial charge in [-0.2, -0.15) is 18.2 Å². The topological polar surface area (TPSA) is 40.1 Å². The smallest absolute Gasteiger partial charge is 0.875 e. The molecule has 3 heteroatoms. The number of hydrogen-bond acceptors (Lipinski definition) is 2. The quantitative estimate of drug-likeness (QED) is 0.346. The summed E-state index contributed by atoms with van der Waals surface area (Å²) in [5.41, 5.74) is 0.807. The molecule has 1 aliphatic rings. The molecule has 0 unspecified atom stereocenters. The fraction of sp³-hybridized carbons (Fsp3) is 0.333. The van der Waals surface area contributed by atoms with Crippen molar-refractivity contribution in [2.24, 2.45) is 0 Å². The van der Waals surface area contributed by atoms with Gasteiger partial charge in [-0.25, -0.2) is 12.1 Å². The van der Waals surface area contributed by atoms with Gasteiger partial charge in [0.05, 0.1) is 0 Å². The van der Waals surface area contributed by atoms with Gasteiger partial charge in [0.15, 0.2) is 0 Å². The zero-order valence-corrected chi connectivity index (χ0v) is 13.5. The third-order valence-corrected chi connectivity index (χ3v) is 2.97. The van der Waals surface area contributed by atoms with Crippen LogP contribution in [-0.4, -0.2) is 5.78 Å². The van der Waals surface area contributed by atoms with E-state index in [1.54, 1.807) is 6.92 Å². The summed E-state index contributed by atoms with van der Waals surface area (Å²) >= 11 is 0. The summed E-state index contributed by atoms with van der Waals surface area (Å²) in [6.07, 6.45) is 11.4. The van der Waals surface area contributed by atoms with Crippen molar-refractivity contribution in [1.82, 2.24) is 0 Å². The second kappa shape index (κ2) is 12.3. The average Bonchev–Trinajstić information content (AvgIpc) is 3.13. The maximum absolute atomic E-state index is 11.5. The first-order valence-electron chi connectivity index (χ1n) is 7.11. The third-order valence-electron chi connectivity index (χ3n) is 2.97. The molecule has 21 heavy (non-hydrogen) atoms. The molecule has 2 nitrogen and oxygen atoms in total. The molecule has 0 radical (unpaired) electrons. The molecule has 0 spiro atoms. The molecule has 114 valence electrons. The molecule has 1 aromatic carbocycles. The molecule has 0 N–H and O–H groups in total. The van der Waals surface area contributed by atoms with Gasteiger partial charge in [-0.1, -0.05) is 37.1 Å². The van der Waals surface area contributed by atoms with Crippen LogP contribution in [0, 0.1) is 0 Å². The van der Waals surface area contributed by atoms with Crippen LogP contribution in [0.1, 0.15) is 39.0 Å². The van der Waals surface area contributed by atoms with E-state index in [1.807, 2.05) is 54.6 Å². The predicted molar refractivity (Wildman–Crippen MR) is 81.1 cm³/mol. The number of unbranched alkanes of at least 4 members (excludes halogenated alkanes) is 2. The Labute approximate surface area is 138 Å². The number of allylic oxidation sites excluding steroid dienone is 6. The summed E-state index contributed by atoms with van der Waals surface area (Å²) in [6, 6.07) is 10.0. The molecule has 0 saturated heterocycles. The maximum atomic E-state index is 11.5. The molecule has 2 rings (SSSR count). The molecule has 0 amide bonds. The number of carbonyl (C=O) groups is 1. The Morgan fingerprint density at radius 1 is 1.05 bits per heavy atom. The summed E-state index contributed by atoms with van der Waals surface area (Å²) in [6.45, 7) is 1.61. The van der Waals surface area contributed by atoms with Crippen LogP contribution < -0.4 is 5.11 Å². The van der Waals surface area contributed by atoms with Gasteiger partial charge in [-0.3, -0.25) is 0 Å². The van der Waals surface area contributed by atoms with Gasteiger partial charge in [0.25, 0.3) is 0 Å². The fourth-order valence-corrected chi connectivity index (χ4v) is 1.86. The van der Waals surface area contributed by atoms with E-state index in [4.69, 9.17) is 0 Å². The Morgan fingerprint density at radius 3 is 2.10 bits per heavy atom. The fourth-order valence-electron chi connectivity index (χ4n) is 1.86. The average molecular weight is 326 g/mol. The molecular weight excluding hydrogens is 304 g/mol. The van der Waals surface area contributed by atoms with Crippen molar-refractivity contribution in [2.45, 2.75) is 39.0 Å². The van der Waals surface area contributed by atoms with Crippen molar-refractivity contribution in [3.05, 3.63) is 66.0 Å². The van der Waals surface area contributed by atoms with Gasteiger partial charge < -0.3 is 9.90 Å². The number of ketones is 1. The predicted octanol–water partition coefficient (Wildman–Crippen LogP) is 3.67. The van der Waals surface area contributed by atoms with E-state index in [2.05, 4.69) is 0 Å². The van der Waals surface area contributed by atoms with Crippen LogP contribution in [0.25, 0.3) is 0 Å². The second-order valence-electron chi connectivity index (χ2n) is 4.82. The maximum Gasteiger partial charge on any atom is 2.00 e.